The molecule has 0 saturated carbocycles. The average Bonchev–Trinajstić information content (AvgIpc) is 4.09. The number of benzene rings is 4. The van der Waals surface area contributed by atoms with Crippen LogP contribution < -0.4 is 41.9 Å². The van der Waals surface area contributed by atoms with E-state index in [1.54, 1.807) is 27.6 Å². The molecule has 0 fully saturated rings. The lowest BCUT2D eigenvalue weighted by Crippen LogP contribution is -2.22. The van der Waals surface area contributed by atoms with Gasteiger partial charge < -0.3 is 30.1 Å². The number of aryl methyl sites for hydroxylation is 2. The minimum atomic E-state index is -0.716. The number of rotatable bonds is 12. The molecular formula is C58H54Br2F2N14O6. The van der Waals surface area contributed by atoms with Gasteiger partial charge in [-0.25, -0.2) is 47.7 Å². The summed E-state index contributed by atoms with van der Waals surface area (Å²) in [6.45, 7) is 16.2. The van der Waals surface area contributed by atoms with E-state index in [0.717, 1.165) is 46.0 Å². The van der Waals surface area contributed by atoms with Gasteiger partial charge in [-0.05, 0) is 62.4 Å². The first-order valence-electron chi connectivity index (χ1n) is 25.4. The Morgan fingerprint density at radius 3 is 1.50 bits per heavy atom. The Morgan fingerprint density at radius 1 is 0.573 bits per heavy atom. The van der Waals surface area contributed by atoms with Crippen LogP contribution in [-0.4, -0.2) is 61.5 Å². The molecule has 82 heavy (non-hydrogen) atoms. The maximum absolute atomic E-state index is 15.1. The molecule has 0 spiro atoms. The second kappa shape index (κ2) is 23.9. The number of nitrogens with zero attached hydrogens (tertiary/aromatic N) is 8. The van der Waals surface area contributed by atoms with Gasteiger partial charge in [0.15, 0.2) is 22.8 Å². The molecule has 6 N–H and O–H groups in total. The SMILES string of the molecule is Cc1ccc(-n2nc(C(C)(C)C)cc2NC(=O)Nc2ccc(Oc3ccnc4[nH]c(=O)c(CBr)nc34)cc2F)cc1.Cc1ccc(-n2nc(C(C)(C)C)cc2NC(=O)Nc2ccc(Oc3ccnc4nc(CBr)c(=O)[nH]c34)cc2F)cc1. The lowest BCUT2D eigenvalue weighted by molar-refractivity contribution is 0.261. The molecule has 10 aromatic rings. The number of halogens is 4. The van der Waals surface area contributed by atoms with Crippen LogP contribution in [0.3, 0.4) is 0 Å². The fourth-order valence-corrected chi connectivity index (χ4v) is 8.66. The van der Waals surface area contributed by atoms with Gasteiger partial charge in [0.05, 0.1) is 44.8 Å². The summed E-state index contributed by atoms with van der Waals surface area (Å²) in [5.74, 6) is 0.303. The van der Waals surface area contributed by atoms with E-state index in [1.165, 1.54) is 42.7 Å². The number of carbonyl (C=O) groups excluding carboxylic acids is 2. The summed E-state index contributed by atoms with van der Waals surface area (Å²) in [4.78, 5) is 72.3. The number of aromatic amines is 2. The molecule has 0 aliphatic heterocycles. The van der Waals surface area contributed by atoms with E-state index in [4.69, 9.17) is 19.7 Å². The van der Waals surface area contributed by atoms with Crippen molar-refractivity contribution in [3.63, 3.8) is 0 Å². The largest absolute Gasteiger partial charge is 0.455 e. The molecule has 24 heteroatoms. The summed E-state index contributed by atoms with van der Waals surface area (Å²) in [5.41, 5.74) is 5.60. The van der Waals surface area contributed by atoms with Gasteiger partial charge in [0.2, 0.25) is 0 Å². The molecule has 0 radical (unpaired) electrons. The summed E-state index contributed by atoms with van der Waals surface area (Å²) in [6.07, 6.45) is 2.93. The summed E-state index contributed by atoms with van der Waals surface area (Å²) in [7, 11) is 0. The average molecular weight is 1240 g/mol. The maximum Gasteiger partial charge on any atom is 0.324 e. The van der Waals surface area contributed by atoms with Crippen LogP contribution in [0.4, 0.5) is 41.4 Å². The van der Waals surface area contributed by atoms with Crippen molar-refractivity contribution >= 4 is 89.3 Å². The number of urea groups is 2. The third-order valence-electron chi connectivity index (χ3n) is 12.3. The van der Waals surface area contributed by atoms with Gasteiger partial charge in [0.1, 0.15) is 57.2 Å². The van der Waals surface area contributed by atoms with Gasteiger partial charge >= 0.3 is 12.1 Å². The lowest BCUT2D eigenvalue weighted by Gasteiger charge is -2.14. The van der Waals surface area contributed by atoms with Gasteiger partial charge in [0, 0.05) is 59.6 Å². The van der Waals surface area contributed by atoms with Crippen molar-refractivity contribution in [2.75, 3.05) is 21.3 Å². The predicted molar refractivity (Wildman–Crippen MR) is 318 cm³/mol. The first-order chi connectivity index (χ1) is 39.0. The molecule has 0 aliphatic carbocycles. The number of carbonyl (C=O) groups is 2. The van der Waals surface area contributed by atoms with Crippen molar-refractivity contribution in [3.8, 4) is 34.4 Å². The summed E-state index contributed by atoms with van der Waals surface area (Å²) in [5, 5.41) is 20.6. The Kier molecular flexibility index (Phi) is 16.8. The molecule has 0 atom stereocenters. The first kappa shape index (κ1) is 57.5. The van der Waals surface area contributed by atoms with E-state index < -0.39 is 23.7 Å². The van der Waals surface area contributed by atoms with E-state index in [0.29, 0.717) is 17.2 Å². The predicted octanol–water partition coefficient (Wildman–Crippen LogP) is 13.2. The van der Waals surface area contributed by atoms with E-state index in [9.17, 15) is 19.2 Å². The Hall–Kier alpha value is -9.16. The molecule has 0 bridgehead atoms. The van der Waals surface area contributed by atoms with Crippen LogP contribution in [0.2, 0.25) is 0 Å². The van der Waals surface area contributed by atoms with E-state index in [1.807, 2.05) is 104 Å². The molecule has 4 aromatic carbocycles. The minimum absolute atomic E-state index is 0.0455. The highest BCUT2D eigenvalue weighted by atomic mass is 79.9. The number of ether oxygens (including phenoxy) is 2. The molecule has 10 rings (SSSR count). The summed E-state index contributed by atoms with van der Waals surface area (Å²) < 4.78 is 45.1. The lowest BCUT2D eigenvalue weighted by atomic mass is 9.92. The molecule has 0 unspecified atom stereocenters. The second-order valence-electron chi connectivity index (χ2n) is 20.8. The Bertz CT molecular complexity index is 4150. The smallest absolute Gasteiger partial charge is 0.324 e. The summed E-state index contributed by atoms with van der Waals surface area (Å²) in [6, 6.07) is 29.0. The number of amides is 4. The van der Waals surface area contributed by atoms with E-state index in [2.05, 4.69) is 83.0 Å². The first-order valence-corrected chi connectivity index (χ1v) is 27.6. The number of pyridine rings is 2. The van der Waals surface area contributed by atoms with Gasteiger partial charge in [-0.2, -0.15) is 10.2 Å². The van der Waals surface area contributed by atoms with Crippen LogP contribution in [0.1, 0.15) is 75.4 Å². The molecule has 20 nitrogen and oxygen atoms in total. The Morgan fingerprint density at radius 2 is 1.02 bits per heavy atom. The van der Waals surface area contributed by atoms with Crippen molar-refractivity contribution in [2.45, 2.75) is 76.9 Å². The van der Waals surface area contributed by atoms with Crippen LogP contribution in [0.15, 0.2) is 131 Å². The van der Waals surface area contributed by atoms with Crippen molar-refractivity contribution in [1.82, 2.24) is 49.5 Å². The number of anilines is 4. The standard InChI is InChI=1S/2C29H27BrFN7O3/c1-16-5-7-17(8-6-16)38-24(14-23(37-38)29(2,3)4)35-28(40)34-20-10-9-18(13-19(20)31)41-22-11-12-32-26-25(22)36-27(39)21(15-30)33-26;1-16-5-7-17(8-6-16)38-24(14-23(37-38)29(2,3)4)35-28(40)34-20-10-9-18(13-19(20)31)41-22-11-12-32-26-25(22)33-21(15-30)27(39)36-26/h5-14H,15H2,1-4H3,(H,36,39)(H2,34,35,40);5-14H,15H2,1-4H3,(H,32,36,39)(H2,34,35,40). The van der Waals surface area contributed by atoms with Crippen molar-refractivity contribution < 1.29 is 27.8 Å². The highest BCUT2D eigenvalue weighted by Crippen LogP contribution is 2.33. The zero-order valence-corrected chi connectivity index (χ0v) is 48.7. The molecule has 0 aliphatic rings. The van der Waals surface area contributed by atoms with Crippen LogP contribution in [0.25, 0.3) is 33.7 Å². The van der Waals surface area contributed by atoms with Gasteiger partial charge in [-0.15, -0.1) is 0 Å². The Labute approximate surface area is 484 Å². The van der Waals surface area contributed by atoms with Gasteiger partial charge in [-0.3, -0.25) is 20.2 Å². The number of H-pyrrole nitrogens is 2. The highest BCUT2D eigenvalue weighted by Gasteiger charge is 2.24. The fraction of sp³-hybridized carbons (Fsp3) is 0.207. The maximum atomic E-state index is 15.1. The number of hydrogen-bond acceptors (Lipinski definition) is 12. The van der Waals surface area contributed by atoms with E-state index >= 15 is 8.78 Å². The van der Waals surface area contributed by atoms with Gasteiger partial charge in [-0.1, -0.05) is 109 Å². The third-order valence-corrected chi connectivity index (χ3v) is 13.4. The topological polar surface area (TPSA) is 254 Å². The van der Waals surface area contributed by atoms with Crippen molar-refractivity contribution in [2.24, 2.45) is 0 Å². The number of nitrogens with one attached hydrogen (secondary N) is 6. The molecule has 6 aromatic heterocycles. The second-order valence-corrected chi connectivity index (χ2v) is 21.9. The minimum Gasteiger partial charge on any atom is -0.455 e. The highest BCUT2D eigenvalue weighted by molar-refractivity contribution is 9.08. The third kappa shape index (κ3) is 13.4. The number of fused-ring (bicyclic) bond motifs is 2. The fourth-order valence-electron chi connectivity index (χ4n) is 7.90. The molecule has 6 heterocycles. The van der Waals surface area contributed by atoms with Crippen LogP contribution >= 0.6 is 31.9 Å². The van der Waals surface area contributed by atoms with Crippen LogP contribution in [-0.2, 0) is 21.5 Å². The quantitative estimate of drug-likeness (QED) is 0.0625. The van der Waals surface area contributed by atoms with Crippen LogP contribution in [0, 0.1) is 25.5 Å². The molecule has 0 saturated heterocycles. The zero-order chi connectivity index (χ0) is 58.6. The van der Waals surface area contributed by atoms with Crippen molar-refractivity contribution in [3.05, 3.63) is 188 Å². The number of alkyl halides is 2. The van der Waals surface area contributed by atoms with Gasteiger partial charge in [0.25, 0.3) is 11.1 Å². The molecule has 4 amide bonds. The van der Waals surface area contributed by atoms with Crippen LogP contribution in [0.5, 0.6) is 23.0 Å². The molecular weight excluding hydrogens is 1190 g/mol. The molecule has 420 valence electrons. The summed E-state index contributed by atoms with van der Waals surface area (Å²) >= 11 is 6.45. The monoisotopic (exact) mass is 1240 g/mol. The van der Waals surface area contributed by atoms with E-state index in [-0.39, 0.29) is 95.2 Å². The number of aromatic nitrogens is 10. The normalized spacial score (nSPS) is 11.5. The number of hydrogen-bond donors (Lipinski definition) is 6. The van der Waals surface area contributed by atoms with Crippen molar-refractivity contribution in [1.29, 1.82) is 0 Å². The zero-order valence-electron chi connectivity index (χ0n) is 45.5. The Balaban J connectivity index is 0.000000198.